The van der Waals surface area contributed by atoms with E-state index in [1.807, 2.05) is 0 Å². The molecule has 0 amide bonds. The molecular formula is C45H82O12S. The van der Waals surface area contributed by atoms with E-state index < -0.39 is 71.2 Å². The van der Waals surface area contributed by atoms with Crippen molar-refractivity contribution in [2.45, 2.75) is 230 Å². The number of ether oxygens (including phenoxy) is 4. The molecular weight excluding hydrogens is 765 g/mol. The van der Waals surface area contributed by atoms with Crippen LogP contribution in [0.15, 0.2) is 24.3 Å². The van der Waals surface area contributed by atoms with Crippen molar-refractivity contribution in [3.05, 3.63) is 24.3 Å². The van der Waals surface area contributed by atoms with Gasteiger partial charge in [-0.15, -0.1) is 0 Å². The Morgan fingerprint density at radius 2 is 1.03 bits per heavy atom. The van der Waals surface area contributed by atoms with Crippen LogP contribution in [0, 0.1) is 0 Å². The molecule has 13 heteroatoms. The number of unbranched alkanes of at least 4 members (excludes halogenated alkanes) is 22. The first kappa shape index (κ1) is 54.1. The summed E-state index contributed by atoms with van der Waals surface area (Å²) in [5, 5.41) is 30.9. The Morgan fingerprint density at radius 1 is 0.586 bits per heavy atom. The van der Waals surface area contributed by atoms with Crippen molar-refractivity contribution >= 4 is 22.1 Å². The van der Waals surface area contributed by atoms with Crippen molar-refractivity contribution in [3.8, 4) is 0 Å². The number of rotatable bonds is 38. The fourth-order valence-corrected chi connectivity index (χ4v) is 7.63. The third kappa shape index (κ3) is 30.2. The zero-order chi connectivity index (χ0) is 42.7. The minimum atomic E-state index is -4.60. The zero-order valence-corrected chi connectivity index (χ0v) is 37.0. The average Bonchev–Trinajstić information content (AvgIpc) is 3.18. The summed E-state index contributed by atoms with van der Waals surface area (Å²) in [5.41, 5.74) is 0. The molecule has 1 aliphatic heterocycles. The van der Waals surface area contributed by atoms with E-state index in [1.54, 1.807) is 0 Å². The van der Waals surface area contributed by atoms with Gasteiger partial charge in [-0.25, -0.2) is 0 Å². The number of hydrogen-bond acceptors (Lipinski definition) is 11. The van der Waals surface area contributed by atoms with E-state index in [4.69, 9.17) is 18.9 Å². The fraction of sp³-hybridized carbons (Fsp3) is 0.867. The van der Waals surface area contributed by atoms with Gasteiger partial charge in [-0.05, 0) is 44.9 Å². The van der Waals surface area contributed by atoms with Crippen LogP contribution in [0.5, 0.6) is 0 Å². The summed E-state index contributed by atoms with van der Waals surface area (Å²) in [6.07, 6.45) is 29.3. The van der Waals surface area contributed by atoms with E-state index in [0.29, 0.717) is 12.8 Å². The van der Waals surface area contributed by atoms with Crippen molar-refractivity contribution in [2.75, 3.05) is 19.0 Å². The summed E-state index contributed by atoms with van der Waals surface area (Å²) in [4.78, 5) is 25.4. The molecule has 0 spiro atoms. The quantitative estimate of drug-likeness (QED) is 0.0200. The van der Waals surface area contributed by atoms with E-state index in [1.165, 1.54) is 96.3 Å². The van der Waals surface area contributed by atoms with Crippen molar-refractivity contribution < 1.29 is 56.8 Å². The highest BCUT2D eigenvalue weighted by Gasteiger charge is 2.46. The Hall–Kier alpha value is -1.87. The van der Waals surface area contributed by atoms with E-state index in [0.717, 1.165) is 57.8 Å². The Labute approximate surface area is 351 Å². The van der Waals surface area contributed by atoms with Crippen LogP contribution in [0.4, 0.5) is 0 Å². The number of esters is 2. The molecule has 0 aliphatic carbocycles. The molecule has 0 radical (unpaired) electrons. The average molecular weight is 847 g/mol. The Kier molecular flexibility index (Phi) is 33.5. The lowest BCUT2D eigenvalue weighted by atomic mass is 10.00. The lowest BCUT2D eigenvalue weighted by Crippen LogP contribution is -2.60. The van der Waals surface area contributed by atoms with Gasteiger partial charge in [0.25, 0.3) is 10.1 Å². The van der Waals surface area contributed by atoms with E-state index in [2.05, 4.69) is 38.2 Å². The molecule has 1 aliphatic rings. The molecule has 0 aromatic rings. The summed E-state index contributed by atoms with van der Waals surface area (Å²) in [6.45, 7) is 3.74. The fourth-order valence-electron chi connectivity index (χ4n) is 6.94. The molecule has 58 heavy (non-hydrogen) atoms. The molecule has 0 saturated carbocycles. The number of aliphatic hydroxyl groups excluding tert-OH is 3. The molecule has 340 valence electrons. The third-order valence-corrected chi connectivity index (χ3v) is 11.3. The summed E-state index contributed by atoms with van der Waals surface area (Å²) in [5.74, 6) is -1.99. The molecule has 4 N–H and O–H groups in total. The number of carbonyl (C=O) groups excluding carboxylic acids is 2. The van der Waals surface area contributed by atoms with Crippen LogP contribution in [0.2, 0.25) is 0 Å². The van der Waals surface area contributed by atoms with Crippen molar-refractivity contribution in [2.24, 2.45) is 0 Å². The van der Waals surface area contributed by atoms with Crippen LogP contribution >= 0.6 is 0 Å². The van der Waals surface area contributed by atoms with Crippen LogP contribution in [-0.2, 0) is 38.7 Å². The predicted molar refractivity (Wildman–Crippen MR) is 229 cm³/mol. The molecule has 12 nitrogen and oxygen atoms in total. The van der Waals surface area contributed by atoms with E-state index in [-0.39, 0.29) is 19.4 Å². The van der Waals surface area contributed by atoms with Gasteiger partial charge in [0.15, 0.2) is 12.4 Å². The topological polar surface area (TPSA) is 186 Å². The Bertz CT molecular complexity index is 1180. The van der Waals surface area contributed by atoms with Gasteiger partial charge in [0, 0.05) is 12.8 Å². The van der Waals surface area contributed by atoms with Crippen molar-refractivity contribution in [1.29, 1.82) is 0 Å². The molecule has 1 rings (SSSR count). The van der Waals surface area contributed by atoms with E-state index in [9.17, 15) is 37.9 Å². The zero-order valence-electron chi connectivity index (χ0n) is 36.2. The van der Waals surface area contributed by atoms with Crippen LogP contribution in [0.3, 0.4) is 0 Å². The minimum absolute atomic E-state index is 0.158. The summed E-state index contributed by atoms with van der Waals surface area (Å²) in [7, 11) is -4.60. The van der Waals surface area contributed by atoms with Crippen molar-refractivity contribution in [3.63, 3.8) is 0 Å². The second-order valence-electron chi connectivity index (χ2n) is 16.1. The SMILES string of the molecule is CCCCCC/C=C\C/C=C\CCCCCCCCCC(=O)OC(COC(=O)CCCCCCCCCCCCCC)COC1OC(CS(=O)(=O)O)C(O)C(O)C1O. The highest BCUT2D eigenvalue weighted by atomic mass is 32.2. The first-order chi connectivity index (χ1) is 28.0. The third-order valence-electron chi connectivity index (χ3n) is 10.5. The van der Waals surface area contributed by atoms with Gasteiger partial charge in [-0.3, -0.25) is 14.1 Å². The normalized spacial score (nSPS) is 20.6. The highest BCUT2D eigenvalue weighted by molar-refractivity contribution is 7.85. The van der Waals surface area contributed by atoms with Crippen molar-refractivity contribution in [1.82, 2.24) is 0 Å². The van der Waals surface area contributed by atoms with Crippen LogP contribution < -0.4 is 0 Å². The second kappa shape index (κ2) is 35.8. The standard InChI is InChI=1S/C45H82O12S/c1-3-5-7-9-11-13-15-17-18-19-20-21-22-24-26-28-30-32-34-41(47)56-38(36-55-45-44(50)43(49)42(48)39(57-45)37-58(51,52)53)35-54-40(46)33-31-29-27-25-23-16-14-12-10-8-6-4-2/h13,15,18-19,38-39,42-45,48-50H,3-12,14,16-17,20-37H2,1-2H3,(H,51,52,53)/b15-13-,19-18-. The second-order valence-corrected chi connectivity index (χ2v) is 17.6. The lowest BCUT2D eigenvalue weighted by molar-refractivity contribution is -0.297. The predicted octanol–water partition coefficient (Wildman–Crippen LogP) is 9.23. The van der Waals surface area contributed by atoms with Crippen LogP contribution in [0.25, 0.3) is 0 Å². The molecule has 0 bridgehead atoms. The van der Waals surface area contributed by atoms with E-state index >= 15 is 0 Å². The Balaban J connectivity index is 2.44. The minimum Gasteiger partial charge on any atom is -0.462 e. The molecule has 6 unspecified atom stereocenters. The maximum Gasteiger partial charge on any atom is 0.306 e. The number of allylic oxidation sites excluding steroid dienone is 4. The van der Waals surface area contributed by atoms with Gasteiger partial charge >= 0.3 is 11.9 Å². The first-order valence-corrected chi connectivity index (χ1v) is 24.5. The number of carbonyl (C=O) groups is 2. The lowest BCUT2D eigenvalue weighted by Gasteiger charge is -2.40. The molecule has 0 aromatic heterocycles. The number of hydrogen-bond donors (Lipinski definition) is 4. The summed E-state index contributed by atoms with van der Waals surface area (Å²) in [6, 6.07) is 0. The number of aliphatic hydroxyl groups is 3. The van der Waals surface area contributed by atoms with Gasteiger partial charge in [-0.1, -0.05) is 160 Å². The Morgan fingerprint density at radius 3 is 1.53 bits per heavy atom. The maximum absolute atomic E-state index is 12.8. The molecule has 1 saturated heterocycles. The molecule has 0 aromatic carbocycles. The highest BCUT2D eigenvalue weighted by Crippen LogP contribution is 2.24. The molecule has 6 atom stereocenters. The van der Waals surface area contributed by atoms with Gasteiger partial charge < -0.3 is 34.3 Å². The summed E-state index contributed by atoms with van der Waals surface area (Å²) < 4.78 is 54.0. The largest absolute Gasteiger partial charge is 0.462 e. The maximum atomic E-state index is 12.8. The van der Waals surface area contributed by atoms with Crippen LogP contribution in [0.1, 0.15) is 194 Å². The van der Waals surface area contributed by atoms with Crippen LogP contribution in [-0.4, -0.2) is 96.0 Å². The molecule has 1 fully saturated rings. The van der Waals surface area contributed by atoms with Gasteiger partial charge in [-0.2, -0.15) is 8.42 Å². The smallest absolute Gasteiger partial charge is 0.306 e. The monoisotopic (exact) mass is 847 g/mol. The van der Waals surface area contributed by atoms with Gasteiger partial charge in [0.1, 0.15) is 36.8 Å². The summed E-state index contributed by atoms with van der Waals surface area (Å²) >= 11 is 0. The van der Waals surface area contributed by atoms with Gasteiger partial charge in [0.05, 0.1) is 6.61 Å². The van der Waals surface area contributed by atoms with Gasteiger partial charge in [0.2, 0.25) is 0 Å². The first-order valence-electron chi connectivity index (χ1n) is 22.9. The molecule has 1 heterocycles.